The van der Waals surface area contributed by atoms with Gasteiger partial charge < -0.3 is 10.5 Å². The SMILES string of the molecule is CCCOc1cccc(Sc2n[nH]c(=O)n2C)c1N. The Bertz CT molecular complexity index is 620. The van der Waals surface area contributed by atoms with Crippen LogP contribution in [0.5, 0.6) is 5.75 Å². The normalized spacial score (nSPS) is 10.6. The van der Waals surface area contributed by atoms with E-state index in [4.69, 9.17) is 10.5 Å². The van der Waals surface area contributed by atoms with E-state index in [2.05, 4.69) is 10.2 Å². The Balaban J connectivity index is 2.25. The lowest BCUT2D eigenvalue weighted by Gasteiger charge is -2.10. The third-order valence-electron chi connectivity index (χ3n) is 2.53. The Morgan fingerprint density at radius 1 is 1.53 bits per heavy atom. The Hall–Kier alpha value is -1.89. The number of aromatic nitrogens is 3. The summed E-state index contributed by atoms with van der Waals surface area (Å²) in [6, 6.07) is 5.57. The van der Waals surface area contributed by atoms with E-state index in [1.165, 1.54) is 16.3 Å². The average Bonchev–Trinajstić information content (AvgIpc) is 2.72. The molecule has 0 saturated heterocycles. The highest BCUT2D eigenvalue weighted by Crippen LogP contribution is 2.35. The maximum Gasteiger partial charge on any atom is 0.343 e. The van der Waals surface area contributed by atoms with Gasteiger partial charge in [0.2, 0.25) is 0 Å². The highest BCUT2D eigenvalue weighted by molar-refractivity contribution is 7.99. The van der Waals surface area contributed by atoms with Gasteiger partial charge in [-0.3, -0.25) is 4.57 Å². The van der Waals surface area contributed by atoms with Crippen LogP contribution in [0.4, 0.5) is 5.69 Å². The van der Waals surface area contributed by atoms with Crippen molar-refractivity contribution in [2.45, 2.75) is 23.4 Å². The lowest BCUT2D eigenvalue weighted by atomic mass is 10.3. The van der Waals surface area contributed by atoms with Crippen LogP contribution in [0.2, 0.25) is 0 Å². The predicted molar refractivity (Wildman–Crippen MR) is 74.6 cm³/mol. The summed E-state index contributed by atoms with van der Waals surface area (Å²) in [6.07, 6.45) is 0.921. The minimum absolute atomic E-state index is 0.251. The molecule has 1 aromatic carbocycles. The van der Waals surface area contributed by atoms with Crippen molar-refractivity contribution in [2.75, 3.05) is 12.3 Å². The van der Waals surface area contributed by atoms with Gasteiger partial charge in [-0.25, -0.2) is 9.89 Å². The molecule has 0 atom stereocenters. The standard InChI is InChI=1S/C12H16N4O2S/c1-3-7-18-8-5-4-6-9(10(8)13)19-12-15-14-11(17)16(12)2/h4-6H,3,7,13H2,1-2H3,(H,14,17). The zero-order valence-corrected chi connectivity index (χ0v) is 11.7. The first-order chi connectivity index (χ1) is 9.13. The van der Waals surface area contributed by atoms with E-state index in [-0.39, 0.29) is 5.69 Å². The number of benzene rings is 1. The molecule has 1 aromatic heterocycles. The van der Waals surface area contributed by atoms with Gasteiger partial charge in [0.1, 0.15) is 5.75 Å². The van der Waals surface area contributed by atoms with Gasteiger partial charge in [0.25, 0.3) is 0 Å². The smallest absolute Gasteiger partial charge is 0.343 e. The summed E-state index contributed by atoms with van der Waals surface area (Å²) in [7, 11) is 1.65. The number of nitrogens with zero attached hydrogens (tertiary/aromatic N) is 2. The molecule has 0 aliphatic heterocycles. The first-order valence-corrected chi connectivity index (χ1v) is 6.75. The van der Waals surface area contributed by atoms with Crippen LogP contribution < -0.4 is 16.2 Å². The number of ether oxygens (including phenoxy) is 1. The first kappa shape index (κ1) is 13.5. The topological polar surface area (TPSA) is 85.9 Å². The third-order valence-corrected chi connectivity index (χ3v) is 3.65. The van der Waals surface area contributed by atoms with Crippen molar-refractivity contribution in [1.29, 1.82) is 0 Å². The molecule has 19 heavy (non-hydrogen) atoms. The molecule has 6 nitrogen and oxygen atoms in total. The van der Waals surface area contributed by atoms with Gasteiger partial charge in [-0.15, -0.1) is 5.10 Å². The second-order valence-corrected chi connectivity index (χ2v) is 5.00. The quantitative estimate of drug-likeness (QED) is 0.813. The number of aromatic amines is 1. The lowest BCUT2D eigenvalue weighted by Crippen LogP contribution is -2.12. The molecule has 2 aromatic rings. The Labute approximate surface area is 115 Å². The predicted octanol–water partition coefficient (Wildman–Crippen LogP) is 1.63. The molecule has 0 fully saturated rings. The molecule has 1 heterocycles. The average molecular weight is 280 g/mol. The van der Waals surface area contributed by atoms with Crippen LogP contribution in [-0.4, -0.2) is 21.4 Å². The highest BCUT2D eigenvalue weighted by atomic mass is 32.2. The minimum Gasteiger partial charge on any atom is -0.491 e. The van der Waals surface area contributed by atoms with E-state index in [9.17, 15) is 4.79 Å². The third kappa shape index (κ3) is 2.93. The molecule has 3 N–H and O–H groups in total. The van der Waals surface area contributed by atoms with Gasteiger partial charge in [-0.2, -0.15) is 0 Å². The van der Waals surface area contributed by atoms with E-state index in [1.807, 2.05) is 25.1 Å². The Kier molecular flexibility index (Phi) is 4.16. The van der Waals surface area contributed by atoms with Gasteiger partial charge in [0.15, 0.2) is 5.16 Å². The molecule has 7 heteroatoms. The number of hydrogen-bond acceptors (Lipinski definition) is 5. The summed E-state index contributed by atoms with van der Waals surface area (Å²) >= 11 is 1.32. The summed E-state index contributed by atoms with van der Waals surface area (Å²) < 4.78 is 7.00. The number of nitrogens with two attached hydrogens (primary N) is 1. The highest BCUT2D eigenvalue weighted by Gasteiger charge is 2.11. The van der Waals surface area contributed by atoms with Crippen LogP contribution in [0.3, 0.4) is 0 Å². The van der Waals surface area contributed by atoms with Crippen molar-refractivity contribution >= 4 is 17.4 Å². The van der Waals surface area contributed by atoms with Crippen molar-refractivity contribution in [2.24, 2.45) is 7.05 Å². The molecule has 0 spiro atoms. The van der Waals surface area contributed by atoms with Gasteiger partial charge in [-0.1, -0.05) is 13.0 Å². The van der Waals surface area contributed by atoms with Gasteiger partial charge in [0, 0.05) is 11.9 Å². The van der Waals surface area contributed by atoms with Crippen molar-refractivity contribution in [3.63, 3.8) is 0 Å². The van der Waals surface area contributed by atoms with Crippen LogP contribution in [0.15, 0.2) is 33.0 Å². The molecule has 0 radical (unpaired) electrons. The summed E-state index contributed by atoms with van der Waals surface area (Å²) in [5, 5.41) is 6.89. The van der Waals surface area contributed by atoms with Crippen LogP contribution in [-0.2, 0) is 7.05 Å². The van der Waals surface area contributed by atoms with Gasteiger partial charge >= 0.3 is 5.69 Å². The lowest BCUT2D eigenvalue weighted by molar-refractivity contribution is 0.318. The van der Waals surface area contributed by atoms with Crippen LogP contribution in [0.1, 0.15) is 13.3 Å². The fraction of sp³-hybridized carbons (Fsp3) is 0.333. The Morgan fingerprint density at radius 2 is 2.32 bits per heavy atom. The van der Waals surface area contributed by atoms with E-state index in [0.29, 0.717) is 23.2 Å². The summed E-state index contributed by atoms with van der Waals surface area (Å²) in [5.74, 6) is 0.660. The number of nitrogens with one attached hydrogen (secondary N) is 1. The summed E-state index contributed by atoms with van der Waals surface area (Å²) in [6.45, 7) is 2.66. The zero-order chi connectivity index (χ0) is 13.8. The first-order valence-electron chi connectivity index (χ1n) is 5.94. The summed E-state index contributed by atoms with van der Waals surface area (Å²) in [4.78, 5) is 12.1. The van der Waals surface area contributed by atoms with E-state index < -0.39 is 0 Å². The largest absolute Gasteiger partial charge is 0.491 e. The van der Waals surface area contributed by atoms with E-state index >= 15 is 0 Å². The van der Waals surface area contributed by atoms with E-state index in [1.54, 1.807) is 7.05 Å². The van der Waals surface area contributed by atoms with Crippen molar-refractivity contribution < 1.29 is 4.74 Å². The second-order valence-electron chi connectivity index (χ2n) is 3.99. The maximum atomic E-state index is 11.3. The zero-order valence-electron chi connectivity index (χ0n) is 10.8. The number of nitrogen functional groups attached to an aromatic ring is 1. The van der Waals surface area contributed by atoms with Crippen LogP contribution in [0.25, 0.3) is 0 Å². The Morgan fingerprint density at radius 3 is 2.95 bits per heavy atom. The molecule has 0 aliphatic carbocycles. The molecule has 0 amide bonds. The molecule has 0 bridgehead atoms. The number of para-hydroxylation sites is 1. The van der Waals surface area contributed by atoms with Crippen molar-refractivity contribution in [1.82, 2.24) is 14.8 Å². The maximum absolute atomic E-state index is 11.3. The number of rotatable bonds is 5. The molecule has 0 saturated carbocycles. The van der Waals surface area contributed by atoms with Crippen LogP contribution in [0, 0.1) is 0 Å². The molecule has 2 rings (SSSR count). The fourth-order valence-corrected chi connectivity index (χ4v) is 2.34. The second kappa shape index (κ2) is 5.83. The molecule has 0 aliphatic rings. The number of H-pyrrole nitrogens is 1. The van der Waals surface area contributed by atoms with Crippen molar-refractivity contribution in [3.8, 4) is 5.75 Å². The minimum atomic E-state index is -0.251. The van der Waals surface area contributed by atoms with E-state index in [0.717, 1.165) is 11.3 Å². The van der Waals surface area contributed by atoms with Crippen LogP contribution >= 0.6 is 11.8 Å². The monoisotopic (exact) mass is 280 g/mol. The summed E-state index contributed by atoms with van der Waals surface area (Å²) in [5.41, 5.74) is 6.37. The van der Waals surface area contributed by atoms with Gasteiger partial charge in [-0.05, 0) is 30.3 Å². The number of anilines is 1. The van der Waals surface area contributed by atoms with Gasteiger partial charge in [0.05, 0.1) is 12.3 Å². The van der Waals surface area contributed by atoms with Crippen molar-refractivity contribution in [3.05, 3.63) is 28.7 Å². The number of hydrogen-bond donors (Lipinski definition) is 2. The molecule has 102 valence electrons. The fourth-order valence-electron chi connectivity index (χ4n) is 1.47. The molecular weight excluding hydrogens is 264 g/mol. The molecular formula is C12H16N4O2S. The molecule has 0 unspecified atom stereocenters.